The van der Waals surface area contributed by atoms with Gasteiger partial charge in [-0.3, -0.25) is 9.59 Å². The molecule has 0 spiro atoms. The maximum absolute atomic E-state index is 11.6. The first kappa shape index (κ1) is 14.5. The van der Waals surface area contributed by atoms with E-state index in [1.165, 1.54) is 31.0 Å². The first-order chi connectivity index (χ1) is 8.81. The molecule has 0 bridgehead atoms. The van der Waals surface area contributed by atoms with E-state index in [9.17, 15) is 19.5 Å². The number of benzene rings is 1. The number of carboxylic acid groups (broad SMARTS) is 1. The van der Waals surface area contributed by atoms with Crippen molar-refractivity contribution in [1.29, 1.82) is 0 Å². The number of aromatic carboxylic acids is 1. The van der Waals surface area contributed by atoms with Gasteiger partial charge >= 0.3 is 5.97 Å². The Labute approximate surface area is 109 Å². The summed E-state index contributed by atoms with van der Waals surface area (Å²) in [5.41, 5.74) is 0.00306. The van der Waals surface area contributed by atoms with E-state index in [1.54, 1.807) is 0 Å². The Balaban J connectivity index is 2.73. The Morgan fingerprint density at radius 2 is 1.95 bits per heavy atom. The van der Waals surface area contributed by atoms with Crippen LogP contribution in [-0.4, -0.2) is 46.5 Å². The van der Waals surface area contributed by atoms with Crippen molar-refractivity contribution in [2.75, 3.05) is 18.9 Å². The minimum atomic E-state index is -1.26. The van der Waals surface area contributed by atoms with Gasteiger partial charge in [0.1, 0.15) is 11.3 Å². The highest BCUT2D eigenvalue weighted by Gasteiger charge is 2.12. The van der Waals surface area contributed by atoms with E-state index in [0.29, 0.717) is 0 Å². The molecule has 19 heavy (non-hydrogen) atoms. The minimum absolute atomic E-state index is 0.128. The van der Waals surface area contributed by atoms with Crippen molar-refractivity contribution in [3.05, 3.63) is 23.8 Å². The molecule has 0 aliphatic rings. The molecule has 0 saturated heterocycles. The molecule has 1 rings (SSSR count). The van der Waals surface area contributed by atoms with Gasteiger partial charge in [-0.1, -0.05) is 0 Å². The largest absolute Gasteiger partial charge is 0.507 e. The summed E-state index contributed by atoms with van der Waals surface area (Å²) in [7, 11) is 1.48. The molecule has 2 amide bonds. The highest BCUT2D eigenvalue weighted by atomic mass is 16.4. The molecule has 0 heterocycles. The van der Waals surface area contributed by atoms with E-state index in [2.05, 4.69) is 5.32 Å². The van der Waals surface area contributed by atoms with Crippen LogP contribution in [0.15, 0.2) is 18.2 Å². The third-order valence-corrected chi connectivity index (χ3v) is 2.43. The lowest BCUT2D eigenvalue weighted by molar-refractivity contribution is -0.131. The number of nitrogens with one attached hydrogen (secondary N) is 1. The summed E-state index contributed by atoms with van der Waals surface area (Å²) in [5.74, 6) is -2.39. The van der Waals surface area contributed by atoms with Crippen LogP contribution in [0.3, 0.4) is 0 Å². The van der Waals surface area contributed by atoms with E-state index < -0.39 is 17.6 Å². The van der Waals surface area contributed by atoms with Gasteiger partial charge in [0.05, 0.1) is 6.54 Å². The standard InChI is InChI=1S/C12H14N2O5/c1-7(15)14(2)6-11(17)13-8-3-4-9(12(18)19)10(16)5-8/h3-5,16H,6H2,1-2H3,(H,13,17)(H,18,19). The summed E-state index contributed by atoms with van der Waals surface area (Å²) in [6, 6.07) is 3.67. The molecule has 0 atom stereocenters. The van der Waals surface area contributed by atoms with Crippen molar-refractivity contribution in [2.45, 2.75) is 6.92 Å². The molecular weight excluding hydrogens is 252 g/mol. The van der Waals surface area contributed by atoms with Crippen molar-refractivity contribution in [3.63, 3.8) is 0 Å². The number of hydrogen-bond donors (Lipinski definition) is 3. The molecule has 0 aliphatic carbocycles. The lowest BCUT2D eigenvalue weighted by Gasteiger charge is -2.14. The molecule has 0 radical (unpaired) electrons. The van der Waals surface area contributed by atoms with Crippen molar-refractivity contribution in [3.8, 4) is 5.75 Å². The SMILES string of the molecule is CC(=O)N(C)CC(=O)Nc1ccc(C(=O)O)c(O)c1. The fraction of sp³-hybridized carbons (Fsp3) is 0.250. The van der Waals surface area contributed by atoms with E-state index in [1.807, 2.05) is 0 Å². The van der Waals surface area contributed by atoms with Crippen LogP contribution < -0.4 is 5.32 Å². The number of phenols is 1. The smallest absolute Gasteiger partial charge is 0.339 e. The molecule has 0 saturated carbocycles. The van der Waals surface area contributed by atoms with Gasteiger partial charge in [-0.15, -0.1) is 0 Å². The highest BCUT2D eigenvalue weighted by Crippen LogP contribution is 2.21. The second kappa shape index (κ2) is 5.85. The summed E-state index contributed by atoms with van der Waals surface area (Å²) in [4.78, 5) is 34.4. The Morgan fingerprint density at radius 3 is 2.42 bits per heavy atom. The summed E-state index contributed by atoms with van der Waals surface area (Å²) in [6.45, 7) is 1.21. The van der Waals surface area contributed by atoms with Crippen LogP contribution in [0, 0.1) is 0 Å². The maximum atomic E-state index is 11.6. The van der Waals surface area contributed by atoms with Crippen LogP contribution in [0.4, 0.5) is 5.69 Å². The number of likely N-dealkylation sites (N-methyl/N-ethyl adjacent to an activating group) is 1. The predicted molar refractivity (Wildman–Crippen MR) is 67.0 cm³/mol. The van der Waals surface area contributed by atoms with E-state index in [4.69, 9.17) is 5.11 Å². The molecule has 7 nitrogen and oxygen atoms in total. The van der Waals surface area contributed by atoms with Crippen molar-refractivity contribution < 1.29 is 24.6 Å². The second-order valence-electron chi connectivity index (χ2n) is 3.96. The molecule has 102 valence electrons. The van der Waals surface area contributed by atoms with Crippen molar-refractivity contribution in [2.24, 2.45) is 0 Å². The normalized spacial score (nSPS) is 9.79. The second-order valence-corrected chi connectivity index (χ2v) is 3.96. The fourth-order valence-electron chi connectivity index (χ4n) is 1.32. The molecule has 0 fully saturated rings. The molecule has 0 unspecified atom stereocenters. The molecule has 7 heteroatoms. The Kier molecular flexibility index (Phi) is 4.46. The number of carbonyl (C=O) groups excluding carboxylic acids is 2. The van der Waals surface area contributed by atoms with E-state index in [-0.39, 0.29) is 23.7 Å². The van der Waals surface area contributed by atoms with Crippen molar-refractivity contribution in [1.82, 2.24) is 4.90 Å². The lowest BCUT2D eigenvalue weighted by atomic mass is 10.2. The van der Waals surface area contributed by atoms with Gasteiger partial charge < -0.3 is 20.4 Å². The molecule has 1 aromatic rings. The zero-order valence-electron chi connectivity index (χ0n) is 10.5. The van der Waals surface area contributed by atoms with Gasteiger partial charge in [-0.25, -0.2) is 4.79 Å². The number of rotatable bonds is 4. The zero-order valence-corrected chi connectivity index (χ0v) is 10.5. The number of aromatic hydroxyl groups is 1. The molecular formula is C12H14N2O5. The highest BCUT2D eigenvalue weighted by molar-refractivity contribution is 5.96. The topological polar surface area (TPSA) is 107 Å². The van der Waals surface area contributed by atoms with Gasteiger partial charge in [-0.05, 0) is 12.1 Å². The summed E-state index contributed by atoms with van der Waals surface area (Å²) in [5, 5.41) is 20.6. The zero-order chi connectivity index (χ0) is 14.6. The summed E-state index contributed by atoms with van der Waals surface area (Å²) < 4.78 is 0. The van der Waals surface area contributed by atoms with Crippen LogP contribution >= 0.6 is 0 Å². The van der Waals surface area contributed by atoms with E-state index >= 15 is 0 Å². The first-order valence-corrected chi connectivity index (χ1v) is 5.39. The monoisotopic (exact) mass is 266 g/mol. The average Bonchev–Trinajstić information content (AvgIpc) is 2.27. The van der Waals surface area contributed by atoms with Gasteiger partial charge in [0.25, 0.3) is 0 Å². The third kappa shape index (κ3) is 3.98. The van der Waals surface area contributed by atoms with Crippen LogP contribution in [0.1, 0.15) is 17.3 Å². The Morgan fingerprint density at radius 1 is 1.32 bits per heavy atom. The number of nitrogens with zero attached hydrogens (tertiary/aromatic N) is 1. The molecule has 3 N–H and O–H groups in total. The Hall–Kier alpha value is -2.57. The maximum Gasteiger partial charge on any atom is 0.339 e. The molecule has 0 aliphatic heterocycles. The quantitative estimate of drug-likeness (QED) is 0.736. The number of anilines is 1. The predicted octanol–water partition coefficient (Wildman–Crippen LogP) is 0.507. The lowest BCUT2D eigenvalue weighted by Crippen LogP contribution is -2.33. The number of hydrogen-bond acceptors (Lipinski definition) is 4. The van der Waals surface area contributed by atoms with Crippen LogP contribution in [-0.2, 0) is 9.59 Å². The molecule has 0 aromatic heterocycles. The van der Waals surface area contributed by atoms with Crippen LogP contribution in [0.5, 0.6) is 5.75 Å². The first-order valence-electron chi connectivity index (χ1n) is 5.39. The average molecular weight is 266 g/mol. The number of amides is 2. The van der Waals surface area contributed by atoms with Gasteiger partial charge in [0, 0.05) is 25.7 Å². The summed E-state index contributed by atoms with van der Waals surface area (Å²) in [6.07, 6.45) is 0. The molecule has 1 aromatic carbocycles. The van der Waals surface area contributed by atoms with Crippen molar-refractivity contribution >= 4 is 23.5 Å². The van der Waals surface area contributed by atoms with Crippen LogP contribution in [0.25, 0.3) is 0 Å². The number of carbonyl (C=O) groups is 3. The van der Waals surface area contributed by atoms with Gasteiger partial charge in [0.2, 0.25) is 11.8 Å². The Bertz CT molecular complexity index is 527. The third-order valence-electron chi connectivity index (χ3n) is 2.43. The fourth-order valence-corrected chi connectivity index (χ4v) is 1.32. The summed E-state index contributed by atoms with van der Waals surface area (Å²) >= 11 is 0. The van der Waals surface area contributed by atoms with Crippen LogP contribution in [0.2, 0.25) is 0 Å². The van der Waals surface area contributed by atoms with E-state index in [0.717, 1.165) is 6.07 Å². The number of carboxylic acids is 1. The van der Waals surface area contributed by atoms with Gasteiger partial charge in [-0.2, -0.15) is 0 Å². The minimum Gasteiger partial charge on any atom is -0.507 e. The van der Waals surface area contributed by atoms with Gasteiger partial charge in [0.15, 0.2) is 0 Å².